The molecule has 1 N–H and O–H groups in total. The highest BCUT2D eigenvalue weighted by atomic mass is 32.1. The van der Waals surface area contributed by atoms with Crippen molar-refractivity contribution in [2.45, 2.75) is 32.3 Å². The van der Waals surface area contributed by atoms with Crippen LogP contribution >= 0.6 is 12.2 Å². The fourth-order valence-electron chi connectivity index (χ4n) is 2.67. The molecule has 1 saturated heterocycles. The van der Waals surface area contributed by atoms with E-state index in [4.69, 9.17) is 17.0 Å². The van der Waals surface area contributed by atoms with E-state index in [2.05, 4.69) is 11.9 Å². The lowest BCUT2D eigenvalue weighted by molar-refractivity contribution is -0.160. The smallest absolute Gasteiger partial charge is 0.306 e. The number of β-lactam (4-membered cyclic amide) rings is 1. The summed E-state index contributed by atoms with van der Waals surface area (Å²) < 4.78 is 5.41. The van der Waals surface area contributed by atoms with E-state index in [1.807, 2.05) is 30.3 Å². The molecule has 1 fully saturated rings. The van der Waals surface area contributed by atoms with Crippen LogP contribution in [-0.4, -0.2) is 41.1 Å². The highest BCUT2D eigenvalue weighted by Crippen LogP contribution is 2.23. The fourth-order valence-corrected chi connectivity index (χ4v) is 2.92. The molecular weight excluding hydrogens is 336 g/mol. The average Bonchev–Trinajstić information content (AvgIpc) is 2.59. The highest BCUT2D eigenvalue weighted by Gasteiger charge is 2.43. The van der Waals surface area contributed by atoms with Gasteiger partial charge in [0.1, 0.15) is 6.10 Å². The lowest BCUT2D eigenvalue weighted by Crippen LogP contribution is -2.61. The van der Waals surface area contributed by atoms with E-state index < -0.39 is 6.10 Å². The Kier molecular flexibility index (Phi) is 7.13. The molecule has 0 aromatic heterocycles. The molecule has 0 bridgehead atoms. The molecule has 0 aliphatic carbocycles. The molecule has 1 aliphatic heterocycles. The minimum Gasteiger partial charge on any atom is -0.462 e. The second-order valence-corrected chi connectivity index (χ2v) is 6.45. The number of nitrogens with zero attached hydrogens (tertiary/aromatic N) is 1. The summed E-state index contributed by atoms with van der Waals surface area (Å²) in [6, 6.07) is 10.0. The third kappa shape index (κ3) is 5.39. The number of rotatable bonds is 8. The number of carbonyl (C=O) groups excluding carboxylic acids is 2. The number of nitrogens with one attached hydrogen (secondary N) is 1. The number of likely N-dealkylation sites (tertiary alicyclic amines) is 1. The third-order valence-corrected chi connectivity index (χ3v) is 4.54. The summed E-state index contributed by atoms with van der Waals surface area (Å²) in [6.45, 7) is 6.34. The van der Waals surface area contributed by atoms with Gasteiger partial charge in [-0.15, -0.1) is 6.58 Å². The monoisotopic (exact) mass is 360 g/mol. The molecule has 0 saturated carbocycles. The van der Waals surface area contributed by atoms with Crippen LogP contribution in [0, 0.1) is 5.92 Å². The van der Waals surface area contributed by atoms with Crippen molar-refractivity contribution >= 4 is 29.2 Å². The molecule has 2 rings (SSSR count). The predicted molar refractivity (Wildman–Crippen MR) is 101 cm³/mol. The van der Waals surface area contributed by atoms with Gasteiger partial charge in [-0.25, -0.2) is 0 Å². The summed E-state index contributed by atoms with van der Waals surface area (Å²) in [4.78, 5) is 25.6. The molecule has 1 aromatic carbocycles. The van der Waals surface area contributed by atoms with E-state index in [-0.39, 0.29) is 17.8 Å². The zero-order valence-corrected chi connectivity index (χ0v) is 15.3. The molecular formula is C19H24N2O3S. The number of esters is 1. The predicted octanol–water partition coefficient (Wildman–Crippen LogP) is 2.46. The van der Waals surface area contributed by atoms with Crippen molar-refractivity contribution in [3.63, 3.8) is 0 Å². The van der Waals surface area contributed by atoms with Gasteiger partial charge in [-0.3, -0.25) is 14.5 Å². The minimum atomic E-state index is -0.435. The number of benzene rings is 1. The Morgan fingerprint density at radius 3 is 2.84 bits per heavy atom. The molecule has 1 amide bonds. The first-order valence-electron chi connectivity index (χ1n) is 8.46. The van der Waals surface area contributed by atoms with E-state index in [0.717, 1.165) is 12.8 Å². The van der Waals surface area contributed by atoms with E-state index in [1.54, 1.807) is 13.0 Å². The second kappa shape index (κ2) is 9.32. The number of thiocarbonyl (C=S) groups is 1. The van der Waals surface area contributed by atoms with Gasteiger partial charge in [0.15, 0.2) is 5.11 Å². The molecule has 134 valence electrons. The Bertz CT molecular complexity index is 633. The standard InChI is InChI=1S/C19H24N2O3S/c1-3-12-20-19(25)21-13-16(18(21)23)14(2)24-17(22)11-7-10-15-8-5-4-6-9-15/h3-6,8-9,14,16H,1,7,10-13H2,2H3,(H,20,25)/t14-,16+/m1/s1. The van der Waals surface area contributed by atoms with E-state index in [1.165, 1.54) is 10.5 Å². The number of hydrogen-bond donors (Lipinski definition) is 1. The van der Waals surface area contributed by atoms with Crippen LogP contribution in [0.3, 0.4) is 0 Å². The molecule has 0 spiro atoms. The van der Waals surface area contributed by atoms with Gasteiger partial charge in [-0.05, 0) is 37.5 Å². The lowest BCUT2D eigenvalue weighted by Gasteiger charge is -2.40. The Labute approximate surface area is 154 Å². The largest absolute Gasteiger partial charge is 0.462 e. The maximum Gasteiger partial charge on any atom is 0.306 e. The van der Waals surface area contributed by atoms with Crippen molar-refractivity contribution in [3.8, 4) is 0 Å². The Morgan fingerprint density at radius 2 is 2.20 bits per heavy atom. The average molecular weight is 360 g/mol. The SMILES string of the molecule is C=CCNC(=S)N1C[C@@H]([C@@H](C)OC(=O)CCCc2ccccc2)C1=O. The van der Waals surface area contributed by atoms with Gasteiger partial charge in [0, 0.05) is 19.5 Å². The van der Waals surface area contributed by atoms with Crippen LogP contribution in [0.1, 0.15) is 25.3 Å². The molecule has 25 heavy (non-hydrogen) atoms. The first kappa shape index (κ1) is 19.1. The van der Waals surface area contributed by atoms with Gasteiger partial charge < -0.3 is 10.1 Å². The van der Waals surface area contributed by atoms with Crippen molar-refractivity contribution in [3.05, 3.63) is 48.6 Å². The molecule has 1 aromatic rings. The maximum absolute atomic E-state index is 12.2. The van der Waals surface area contributed by atoms with Crippen molar-refractivity contribution in [2.75, 3.05) is 13.1 Å². The molecule has 1 heterocycles. The van der Waals surface area contributed by atoms with Crippen molar-refractivity contribution < 1.29 is 14.3 Å². The lowest BCUT2D eigenvalue weighted by atomic mass is 9.94. The molecule has 0 unspecified atom stereocenters. The van der Waals surface area contributed by atoms with Gasteiger partial charge in [0.25, 0.3) is 0 Å². The van der Waals surface area contributed by atoms with Crippen molar-refractivity contribution in [1.29, 1.82) is 0 Å². The highest BCUT2D eigenvalue weighted by molar-refractivity contribution is 7.80. The normalized spacial score (nSPS) is 17.4. The topological polar surface area (TPSA) is 58.6 Å². The first-order chi connectivity index (χ1) is 12.0. The van der Waals surface area contributed by atoms with Crippen LogP contribution in [0.4, 0.5) is 0 Å². The van der Waals surface area contributed by atoms with Crippen LogP contribution in [0.5, 0.6) is 0 Å². The van der Waals surface area contributed by atoms with Crippen molar-refractivity contribution in [2.24, 2.45) is 5.92 Å². The first-order valence-corrected chi connectivity index (χ1v) is 8.87. The van der Waals surface area contributed by atoms with Gasteiger partial charge in [-0.1, -0.05) is 36.4 Å². The van der Waals surface area contributed by atoms with E-state index in [0.29, 0.717) is 24.6 Å². The molecule has 0 radical (unpaired) electrons. The zero-order chi connectivity index (χ0) is 18.2. The molecule has 5 nitrogen and oxygen atoms in total. The minimum absolute atomic E-state index is 0.105. The maximum atomic E-state index is 12.2. The number of ether oxygens (including phenoxy) is 1. The van der Waals surface area contributed by atoms with Crippen LogP contribution in [0.2, 0.25) is 0 Å². The summed E-state index contributed by atoms with van der Waals surface area (Å²) in [6.07, 6.45) is 3.16. The summed E-state index contributed by atoms with van der Waals surface area (Å²) in [5.74, 6) is -0.685. The molecule has 6 heteroatoms. The zero-order valence-electron chi connectivity index (χ0n) is 14.4. The molecule has 1 aliphatic rings. The van der Waals surface area contributed by atoms with E-state index in [9.17, 15) is 9.59 Å². The van der Waals surface area contributed by atoms with Crippen molar-refractivity contribution in [1.82, 2.24) is 10.2 Å². The Balaban J connectivity index is 1.68. The Morgan fingerprint density at radius 1 is 1.48 bits per heavy atom. The number of amides is 1. The number of carbonyl (C=O) groups is 2. The molecule has 2 atom stereocenters. The summed E-state index contributed by atoms with van der Waals surface area (Å²) in [5.41, 5.74) is 1.20. The van der Waals surface area contributed by atoms with Gasteiger partial charge in [0.05, 0.1) is 5.92 Å². The third-order valence-electron chi connectivity index (χ3n) is 4.18. The van der Waals surface area contributed by atoms with Crippen LogP contribution in [0.15, 0.2) is 43.0 Å². The van der Waals surface area contributed by atoms with Gasteiger partial charge in [0.2, 0.25) is 5.91 Å². The van der Waals surface area contributed by atoms with Crippen LogP contribution in [0.25, 0.3) is 0 Å². The van der Waals surface area contributed by atoms with E-state index >= 15 is 0 Å². The Hall–Kier alpha value is -2.21. The van der Waals surface area contributed by atoms with Crippen LogP contribution in [-0.2, 0) is 20.7 Å². The van der Waals surface area contributed by atoms with Gasteiger partial charge in [-0.2, -0.15) is 0 Å². The van der Waals surface area contributed by atoms with Gasteiger partial charge >= 0.3 is 5.97 Å². The summed E-state index contributed by atoms with van der Waals surface area (Å²) in [7, 11) is 0. The number of aryl methyl sites for hydroxylation is 1. The summed E-state index contributed by atoms with van der Waals surface area (Å²) >= 11 is 5.14. The second-order valence-electron chi connectivity index (χ2n) is 6.06. The number of hydrogen-bond acceptors (Lipinski definition) is 4. The fraction of sp³-hybridized carbons (Fsp3) is 0.421. The quantitative estimate of drug-likeness (QED) is 0.334. The van der Waals surface area contributed by atoms with Crippen LogP contribution < -0.4 is 5.32 Å². The summed E-state index contributed by atoms with van der Waals surface area (Å²) in [5, 5.41) is 3.31.